The number of alkyl halides is 3. The lowest BCUT2D eigenvalue weighted by Gasteiger charge is -2.50. The maximum Gasteiger partial charge on any atom is 0.417 e. The molecule has 1 heterocycles. The summed E-state index contributed by atoms with van der Waals surface area (Å²) in [6, 6.07) is 12.0. The highest BCUT2D eigenvalue weighted by atomic mass is 35.5. The molecule has 0 saturated carbocycles. The second-order valence-corrected chi connectivity index (χ2v) is 11.6. The summed E-state index contributed by atoms with van der Waals surface area (Å²) in [7, 11) is 3.99. The number of hydrogen-bond donors (Lipinski definition) is 2. The summed E-state index contributed by atoms with van der Waals surface area (Å²) in [6.07, 6.45) is -2.78. The van der Waals surface area contributed by atoms with Crippen LogP contribution >= 0.6 is 23.8 Å². The van der Waals surface area contributed by atoms with Crippen LogP contribution in [0.15, 0.2) is 42.5 Å². The number of benzene rings is 2. The highest BCUT2D eigenvalue weighted by Crippen LogP contribution is 2.36. The van der Waals surface area contributed by atoms with Crippen molar-refractivity contribution in [1.82, 2.24) is 10.2 Å². The van der Waals surface area contributed by atoms with Gasteiger partial charge in [-0.15, -0.1) is 0 Å². The van der Waals surface area contributed by atoms with E-state index in [0.717, 1.165) is 30.2 Å². The summed E-state index contributed by atoms with van der Waals surface area (Å²) in [6.45, 7) is 9.28. The minimum absolute atomic E-state index is 0.104. The van der Waals surface area contributed by atoms with E-state index in [1.54, 1.807) is 0 Å². The Kier molecular flexibility index (Phi) is 7.99. The maximum absolute atomic E-state index is 13.1. The summed E-state index contributed by atoms with van der Waals surface area (Å²) in [5, 5.41) is 6.93. The van der Waals surface area contributed by atoms with Crippen molar-refractivity contribution in [2.45, 2.75) is 70.4 Å². The lowest BCUT2D eigenvalue weighted by molar-refractivity contribution is -0.137. The monoisotopic (exact) mass is 526 g/mol. The molecule has 0 unspecified atom stereocenters. The fourth-order valence-corrected chi connectivity index (χ4v) is 5.59. The molecule has 0 spiro atoms. The van der Waals surface area contributed by atoms with Gasteiger partial charge in [-0.25, -0.2) is 0 Å². The number of anilines is 2. The molecular formula is C26H34ClF3N4S. The number of piperidine rings is 1. The Hall–Kier alpha value is -2.03. The number of nitrogens with zero attached hydrogens (tertiary/aromatic N) is 2. The first-order valence-electron chi connectivity index (χ1n) is 11.6. The van der Waals surface area contributed by atoms with Crippen molar-refractivity contribution in [3.8, 4) is 0 Å². The van der Waals surface area contributed by atoms with Crippen molar-refractivity contribution in [2.24, 2.45) is 0 Å². The average Bonchev–Trinajstić information content (AvgIpc) is 2.69. The molecule has 0 aliphatic carbocycles. The van der Waals surface area contributed by atoms with Gasteiger partial charge in [-0.1, -0.05) is 23.7 Å². The Morgan fingerprint density at radius 1 is 1.06 bits per heavy atom. The molecule has 2 N–H and O–H groups in total. The van der Waals surface area contributed by atoms with Crippen LogP contribution in [0.1, 0.15) is 51.7 Å². The molecule has 192 valence electrons. The Balaban J connectivity index is 1.89. The van der Waals surface area contributed by atoms with Gasteiger partial charge in [-0.2, -0.15) is 13.2 Å². The number of thiocarbonyl (C=S) groups is 1. The predicted molar refractivity (Wildman–Crippen MR) is 143 cm³/mol. The first kappa shape index (κ1) is 27.6. The van der Waals surface area contributed by atoms with E-state index < -0.39 is 11.7 Å². The predicted octanol–water partition coefficient (Wildman–Crippen LogP) is 6.93. The van der Waals surface area contributed by atoms with Crippen LogP contribution < -0.4 is 15.5 Å². The van der Waals surface area contributed by atoms with Crippen molar-refractivity contribution < 1.29 is 13.2 Å². The van der Waals surface area contributed by atoms with Gasteiger partial charge in [0.1, 0.15) is 0 Å². The summed E-state index contributed by atoms with van der Waals surface area (Å²) in [5.74, 6) is 0. The van der Waals surface area contributed by atoms with Crippen LogP contribution in [0.3, 0.4) is 0 Å². The highest BCUT2D eigenvalue weighted by molar-refractivity contribution is 7.80. The Morgan fingerprint density at radius 3 is 2.11 bits per heavy atom. The van der Waals surface area contributed by atoms with E-state index in [2.05, 4.69) is 67.5 Å². The van der Waals surface area contributed by atoms with Gasteiger partial charge in [0, 0.05) is 49.1 Å². The zero-order valence-corrected chi connectivity index (χ0v) is 22.6. The Labute approximate surface area is 216 Å². The standard InChI is InChI=1S/C26H34ClF3N4S/c1-24(2)14-20(15-25(3,4)32-24)34(16-17-7-10-19(11-8-17)33(5)6)23(35)31-18-9-12-21(22(27)13-18)26(28,29)30/h7-13,20,32H,14-16H2,1-6H3,(H,31,35). The van der Waals surface area contributed by atoms with Gasteiger partial charge in [-0.05, 0) is 88.6 Å². The van der Waals surface area contributed by atoms with E-state index in [9.17, 15) is 13.2 Å². The third kappa shape index (κ3) is 7.24. The zero-order chi connectivity index (χ0) is 26.2. The molecule has 35 heavy (non-hydrogen) atoms. The van der Waals surface area contributed by atoms with Crippen molar-refractivity contribution >= 4 is 40.3 Å². The highest BCUT2D eigenvalue weighted by Gasteiger charge is 2.40. The van der Waals surface area contributed by atoms with Crippen LogP contribution in [0, 0.1) is 0 Å². The number of rotatable bonds is 5. The van der Waals surface area contributed by atoms with Crippen molar-refractivity contribution in [2.75, 3.05) is 24.3 Å². The third-order valence-electron chi connectivity index (χ3n) is 6.20. The van der Waals surface area contributed by atoms with E-state index >= 15 is 0 Å². The molecule has 1 saturated heterocycles. The quantitative estimate of drug-likeness (QED) is 0.412. The largest absolute Gasteiger partial charge is 0.417 e. The molecule has 1 aliphatic rings. The number of hydrogen-bond acceptors (Lipinski definition) is 3. The smallest absolute Gasteiger partial charge is 0.378 e. The minimum atomic E-state index is -4.51. The molecule has 3 rings (SSSR count). The van der Waals surface area contributed by atoms with E-state index in [1.165, 1.54) is 12.1 Å². The van der Waals surface area contributed by atoms with Gasteiger partial charge in [0.25, 0.3) is 0 Å². The molecule has 0 radical (unpaired) electrons. The summed E-state index contributed by atoms with van der Waals surface area (Å²) in [5.41, 5.74) is 1.55. The maximum atomic E-state index is 13.1. The fourth-order valence-electron chi connectivity index (χ4n) is 4.97. The van der Waals surface area contributed by atoms with Gasteiger partial charge >= 0.3 is 6.18 Å². The van der Waals surface area contributed by atoms with Crippen molar-refractivity contribution in [1.29, 1.82) is 0 Å². The van der Waals surface area contributed by atoms with E-state index in [4.69, 9.17) is 23.8 Å². The average molecular weight is 527 g/mol. The summed E-state index contributed by atoms with van der Waals surface area (Å²) < 4.78 is 39.4. The molecule has 0 amide bonds. The van der Waals surface area contributed by atoms with Crippen LogP contribution in [0.25, 0.3) is 0 Å². The van der Waals surface area contributed by atoms with Crippen LogP contribution in [-0.4, -0.2) is 41.2 Å². The molecule has 1 fully saturated rings. The number of halogens is 4. The minimum Gasteiger partial charge on any atom is -0.378 e. The molecule has 0 aromatic heterocycles. The van der Waals surface area contributed by atoms with E-state index in [-0.39, 0.29) is 22.1 Å². The Morgan fingerprint density at radius 2 is 1.63 bits per heavy atom. The topological polar surface area (TPSA) is 30.5 Å². The molecule has 1 aliphatic heterocycles. The second-order valence-electron chi connectivity index (χ2n) is 10.8. The molecule has 2 aromatic rings. The van der Waals surface area contributed by atoms with Gasteiger partial charge in [0.15, 0.2) is 5.11 Å². The Bertz CT molecular complexity index is 1040. The molecular weight excluding hydrogens is 493 g/mol. The zero-order valence-electron chi connectivity index (χ0n) is 21.1. The normalized spacial score (nSPS) is 17.7. The first-order chi connectivity index (χ1) is 16.1. The molecule has 2 aromatic carbocycles. The number of nitrogens with one attached hydrogen (secondary N) is 2. The molecule has 0 bridgehead atoms. The van der Waals surface area contributed by atoms with Crippen LogP contribution in [0.2, 0.25) is 5.02 Å². The van der Waals surface area contributed by atoms with Gasteiger partial charge in [0.05, 0.1) is 10.6 Å². The van der Waals surface area contributed by atoms with Crippen LogP contribution in [-0.2, 0) is 12.7 Å². The lowest BCUT2D eigenvalue weighted by atomic mass is 9.79. The van der Waals surface area contributed by atoms with Crippen molar-refractivity contribution in [3.63, 3.8) is 0 Å². The van der Waals surface area contributed by atoms with Gasteiger partial charge in [0.2, 0.25) is 0 Å². The van der Waals surface area contributed by atoms with E-state index in [0.29, 0.717) is 17.3 Å². The summed E-state index contributed by atoms with van der Waals surface area (Å²) >= 11 is 11.8. The molecule has 0 atom stereocenters. The van der Waals surface area contributed by atoms with E-state index in [1.807, 2.05) is 19.0 Å². The first-order valence-corrected chi connectivity index (χ1v) is 12.3. The van der Waals surface area contributed by atoms with Crippen molar-refractivity contribution in [3.05, 3.63) is 58.6 Å². The SMILES string of the molecule is CN(C)c1ccc(CN(C(=S)Nc2ccc(C(F)(F)F)c(Cl)c2)C2CC(C)(C)NC(C)(C)C2)cc1. The second kappa shape index (κ2) is 10.1. The van der Waals surface area contributed by atoms with Gasteiger partial charge in [-0.3, -0.25) is 0 Å². The molecule has 4 nitrogen and oxygen atoms in total. The third-order valence-corrected chi connectivity index (χ3v) is 6.85. The van der Waals surface area contributed by atoms with Crippen LogP contribution in [0.5, 0.6) is 0 Å². The summed E-state index contributed by atoms with van der Waals surface area (Å²) in [4.78, 5) is 4.19. The fraction of sp³-hybridized carbons (Fsp3) is 0.500. The molecule has 9 heteroatoms. The van der Waals surface area contributed by atoms with Crippen LogP contribution in [0.4, 0.5) is 24.5 Å². The lowest BCUT2D eigenvalue weighted by Crippen LogP contribution is -2.63. The van der Waals surface area contributed by atoms with Gasteiger partial charge < -0.3 is 20.4 Å².